The molecule has 1 aliphatic heterocycles. The molecule has 0 radical (unpaired) electrons. The van der Waals surface area contributed by atoms with Crippen LogP contribution in [0.3, 0.4) is 0 Å². The molecule has 0 saturated carbocycles. The number of benzene rings is 1. The number of fused-ring (bicyclic) bond motifs is 1. The summed E-state index contributed by atoms with van der Waals surface area (Å²) in [6, 6.07) is 9.13. The molecule has 0 aromatic heterocycles. The van der Waals surface area contributed by atoms with Gasteiger partial charge in [0.05, 0.1) is 10.6 Å². The molecule has 1 atom stereocenters. The molecule has 6 heteroatoms. The molecule has 0 amide bonds. The van der Waals surface area contributed by atoms with E-state index in [4.69, 9.17) is 21.1 Å². The highest BCUT2D eigenvalue weighted by Gasteiger charge is 2.48. The van der Waals surface area contributed by atoms with Crippen molar-refractivity contribution in [1.29, 1.82) is 0 Å². The van der Waals surface area contributed by atoms with Gasteiger partial charge in [0, 0.05) is 5.57 Å². The largest absolute Gasteiger partial charge is 0.486 e. The Morgan fingerprint density at radius 2 is 1.91 bits per heavy atom. The van der Waals surface area contributed by atoms with Crippen molar-refractivity contribution in [3.05, 3.63) is 64.6 Å². The van der Waals surface area contributed by atoms with Crippen molar-refractivity contribution < 1.29 is 24.2 Å². The van der Waals surface area contributed by atoms with Crippen molar-refractivity contribution in [2.45, 2.75) is 12.5 Å². The molecule has 2 aliphatic rings. The van der Waals surface area contributed by atoms with Gasteiger partial charge in [-0.3, -0.25) is 9.59 Å². The van der Waals surface area contributed by atoms with Gasteiger partial charge in [-0.1, -0.05) is 29.8 Å². The highest BCUT2D eigenvalue weighted by Crippen LogP contribution is 2.36. The molecule has 1 unspecified atom stereocenters. The molecule has 23 heavy (non-hydrogen) atoms. The van der Waals surface area contributed by atoms with Crippen LogP contribution in [0.2, 0.25) is 0 Å². The lowest BCUT2D eigenvalue weighted by Crippen LogP contribution is -2.48. The Hall–Kier alpha value is -2.37. The third-order valence-electron chi connectivity index (χ3n) is 3.61. The van der Waals surface area contributed by atoms with E-state index in [2.05, 4.69) is 0 Å². The minimum absolute atomic E-state index is 0.0723. The summed E-state index contributed by atoms with van der Waals surface area (Å²) in [5, 5.41) is 9.79. The first-order valence-corrected chi connectivity index (χ1v) is 7.26. The van der Waals surface area contributed by atoms with Gasteiger partial charge < -0.3 is 14.6 Å². The maximum Gasteiger partial charge on any atom is 0.214 e. The van der Waals surface area contributed by atoms with E-state index in [1.807, 2.05) is 18.2 Å². The molecule has 0 spiro atoms. The van der Waals surface area contributed by atoms with Gasteiger partial charge in [-0.05, 0) is 25.1 Å². The number of carbonyl (C=O) groups excluding carboxylic acids is 2. The molecule has 1 aliphatic carbocycles. The molecule has 3 rings (SSSR count). The third-order valence-corrected chi connectivity index (χ3v) is 3.99. The lowest BCUT2D eigenvalue weighted by atomic mass is 9.80. The highest BCUT2D eigenvalue weighted by atomic mass is 35.5. The summed E-state index contributed by atoms with van der Waals surface area (Å²) in [5.41, 5.74) is -1.85. The van der Waals surface area contributed by atoms with Crippen molar-refractivity contribution in [2.24, 2.45) is 0 Å². The van der Waals surface area contributed by atoms with E-state index >= 15 is 0 Å². The molecule has 0 saturated heterocycles. The number of ketones is 2. The van der Waals surface area contributed by atoms with Gasteiger partial charge in [0.2, 0.25) is 11.6 Å². The fourth-order valence-electron chi connectivity index (χ4n) is 2.28. The lowest BCUT2D eigenvalue weighted by molar-refractivity contribution is -0.144. The molecule has 1 N–H and O–H groups in total. The smallest absolute Gasteiger partial charge is 0.214 e. The van der Waals surface area contributed by atoms with Crippen molar-refractivity contribution in [3.63, 3.8) is 0 Å². The van der Waals surface area contributed by atoms with Crippen molar-refractivity contribution in [2.75, 3.05) is 6.61 Å². The standard InChI is InChI=1S/C17H13ClO5/c1-17(21)15(19)13-9-23-11(7-12(13)14(18)16(17)20)8-22-10-5-3-2-4-6-10/h2-7,9,21H,8H2,1H3. The van der Waals surface area contributed by atoms with E-state index in [0.29, 0.717) is 11.5 Å². The number of hydrogen-bond donors (Lipinski definition) is 1. The van der Waals surface area contributed by atoms with Crippen LogP contribution in [0.1, 0.15) is 6.92 Å². The Balaban J connectivity index is 1.85. The molecule has 0 fully saturated rings. The van der Waals surface area contributed by atoms with Gasteiger partial charge in [0.15, 0.2) is 5.60 Å². The van der Waals surface area contributed by atoms with Crippen molar-refractivity contribution in [3.8, 4) is 5.75 Å². The first kappa shape index (κ1) is 15.5. The van der Waals surface area contributed by atoms with Gasteiger partial charge in [-0.25, -0.2) is 0 Å². The number of hydrogen-bond acceptors (Lipinski definition) is 5. The Labute approximate surface area is 137 Å². The number of allylic oxidation sites excluding steroid dienone is 2. The van der Waals surface area contributed by atoms with Crippen LogP contribution in [0, 0.1) is 0 Å². The van der Waals surface area contributed by atoms with Crippen LogP contribution >= 0.6 is 11.6 Å². The van der Waals surface area contributed by atoms with Gasteiger partial charge >= 0.3 is 0 Å². The second-order valence-corrected chi connectivity index (χ2v) is 5.70. The van der Waals surface area contributed by atoms with Crippen LogP contribution in [-0.4, -0.2) is 28.9 Å². The Bertz CT molecular complexity index is 771. The average molecular weight is 333 g/mol. The molecule has 1 aromatic carbocycles. The molecule has 1 heterocycles. The fourth-order valence-corrected chi connectivity index (χ4v) is 2.62. The van der Waals surface area contributed by atoms with Gasteiger partial charge in [0.25, 0.3) is 0 Å². The Kier molecular flexibility index (Phi) is 3.83. The average Bonchev–Trinajstić information content (AvgIpc) is 2.57. The molecule has 1 aromatic rings. The molecule has 0 bridgehead atoms. The highest BCUT2D eigenvalue weighted by molar-refractivity contribution is 6.49. The van der Waals surface area contributed by atoms with Crippen molar-refractivity contribution >= 4 is 23.2 Å². The summed E-state index contributed by atoms with van der Waals surface area (Å²) in [7, 11) is 0. The number of rotatable bonds is 3. The van der Waals surface area contributed by atoms with E-state index in [9.17, 15) is 14.7 Å². The summed E-state index contributed by atoms with van der Waals surface area (Å²) >= 11 is 6.01. The zero-order valence-corrected chi connectivity index (χ0v) is 13.0. The van der Waals surface area contributed by atoms with Crippen LogP contribution < -0.4 is 4.74 Å². The van der Waals surface area contributed by atoms with Crippen LogP contribution in [0.25, 0.3) is 0 Å². The quantitative estimate of drug-likeness (QED) is 0.860. The summed E-state index contributed by atoms with van der Waals surface area (Å²) in [4.78, 5) is 24.2. The normalized spacial score (nSPS) is 23.8. The number of halogens is 1. The number of aliphatic hydroxyl groups is 1. The van der Waals surface area contributed by atoms with E-state index in [1.165, 1.54) is 12.3 Å². The minimum atomic E-state index is -2.17. The maximum atomic E-state index is 12.2. The minimum Gasteiger partial charge on any atom is -0.486 e. The number of ether oxygens (including phenoxy) is 2. The molecular formula is C17H13ClO5. The number of Topliss-reactive ketones (excluding diaryl/α,β-unsaturated/α-hetero) is 2. The van der Waals surface area contributed by atoms with Crippen LogP contribution in [0.15, 0.2) is 64.6 Å². The third kappa shape index (κ3) is 2.69. The predicted octanol–water partition coefficient (Wildman–Crippen LogP) is 2.26. The molecular weight excluding hydrogens is 320 g/mol. The van der Waals surface area contributed by atoms with Gasteiger partial charge in [0.1, 0.15) is 24.4 Å². The van der Waals surface area contributed by atoms with Crippen molar-refractivity contribution in [1.82, 2.24) is 0 Å². The fraction of sp³-hybridized carbons (Fsp3) is 0.176. The Morgan fingerprint density at radius 3 is 2.61 bits per heavy atom. The number of carbonyl (C=O) groups is 2. The predicted molar refractivity (Wildman–Crippen MR) is 82.7 cm³/mol. The van der Waals surface area contributed by atoms with E-state index < -0.39 is 17.2 Å². The first-order chi connectivity index (χ1) is 10.9. The number of para-hydroxylation sites is 1. The molecule has 5 nitrogen and oxygen atoms in total. The van der Waals surface area contributed by atoms with E-state index in [0.717, 1.165) is 6.92 Å². The lowest BCUT2D eigenvalue weighted by Gasteiger charge is -2.29. The zero-order valence-electron chi connectivity index (χ0n) is 12.2. The monoisotopic (exact) mass is 332 g/mol. The summed E-state index contributed by atoms with van der Waals surface area (Å²) in [6.07, 6.45) is 2.66. The van der Waals surface area contributed by atoms with E-state index in [-0.39, 0.29) is 22.8 Å². The van der Waals surface area contributed by atoms with Gasteiger partial charge in [-0.15, -0.1) is 0 Å². The Morgan fingerprint density at radius 1 is 1.22 bits per heavy atom. The second-order valence-electron chi connectivity index (χ2n) is 5.32. The van der Waals surface area contributed by atoms with Crippen LogP contribution in [-0.2, 0) is 14.3 Å². The summed E-state index contributed by atoms with van der Waals surface area (Å²) in [5.74, 6) is -0.502. The van der Waals surface area contributed by atoms with E-state index in [1.54, 1.807) is 12.1 Å². The summed E-state index contributed by atoms with van der Waals surface area (Å²) < 4.78 is 10.9. The topological polar surface area (TPSA) is 72.8 Å². The second kappa shape index (κ2) is 5.68. The van der Waals surface area contributed by atoms with Crippen LogP contribution in [0.5, 0.6) is 5.75 Å². The first-order valence-electron chi connectivity index (χ1n) is 6.88. The SMILES string of the molecule is CC1(O)C(=O)C2=COC(COc3ccccc3)=CC2=C(Cl)C1=O. The molecule has 118 valence electrons. The summed E-state index contributed by atoms with van der Waals surface area (Å²) in [6.45, 7) is 1.23. The van der Waals surface area contributed by atoms with Gasteiger partial charge in [-0.2, -0.15) is 0 Å². The maximum absolute atomic E-state index is 12.2. The van der Waals surface area contributed by atoms with Crippen LogP contribution in [0.4, 0.5) is 0 Å². The zero-order chi connectivity index (χ0) is 16.6.